The molecule has 0 bridgehead atoms. The summed E-state index contributed by atoms with van der Waals surface area (Å²) < 4.78 is 20.2. The summed E-state index contributed by atoms with van der Waals surface area (Å²) in [6, 6.07) is 12.6. The first-order chi connectivity index (χ1) is 9.20. The highest BCUT2D eigenvalue weighted by Gasteiger charge is 2.06. The molecule has 0 amide bonds. The van der Waals surface area contributed by atoms with E-state index in [1.807, 2.05) is 37.4 Å². The Morgan fingerprint density at radius 3 is 2.74 bits per heavy atom. The van der Waals surface area contributed by atoms with E-state index < -0.39 is 0 Å². The number of para-hydroxylation sites is 1. The van der Waals surface area contributed by atoms with E-state index in [1.54, 1.807) is 6.07 Å². The smallest absolute Gasteiger partial charge is 0.133 e. The lowest BCUT2D eigenvalue weighted by atomic mass is 10.1. The van der Waals surface area contributed by atoms with E-state index in [-0.39, 0.29) is 12.4 Å². The summed E-state index contributed by atoms with van der Waals surface area (Å²) in [5, 5.41) is 3.04. The van der Waals surface area contributed by atoms with Crippen molar-refractivity contribution < 1.29 is 9.13 Å². The van der Waals surface area contributed by atoms with Gasteiger partial charge in [-0.2, -0.15) is 0 Å². The third kappa shape index (κ3) is 3.78. The Labute approximate surface area is 120 Å². The topological polar surface area (TPSA) is 21.3 Å². The van der Waals surface area contributed by atoms with Gasteiger partial charge in [-0.25, -0.2) is 4.39 Å². The number of benzene rings is 2. The standard InChI is InChI=1S/C15H15BrFNO/c1-18-9-11-6-7-14(17)12(8-11)10-19-15-5-3-2-4-13(15)16/h2-8,18H,9-10H2,1H3. The molecule has 0 saturated heterocycles. The third-order valence-corrected chi connectivity index (χ3v) is 3.37. The number of ether oxygens (including phenoxy) is 1. The van der Waals surface area contributed by atoms with Crippen LogP contribution in [0.4, 0.5) is 4.39 Å². The van der Waals surface area contributed by atoms with Crippen LogP contribution in [0.1, 0.15) is 11.1 Å². The van der Waals surface area contributed by atoms with Crippen LogP contribution in [0.15, 0.2) is 46.9 Å². The second-order valence-corrected chi connectivity index (χ2v) is 5.03. The van der Waals surface area contributed by atoms with Crippen LogP contribution in [0.2, 0.25) is 0 Å². The maximum Gasteiger partial charge on any atom is 0.133 e. The van der Waals surface area contributed by atoms with E-state index in [4.69, 9.17) is 4.74 Å². The van der Waals surface area contributed by atoms with Gasteiger partial charge in [0.15, 0.2) is 0 Å². The molecule has 2 nitrogen and oxygen atoms in total. The van der Waals surface area contributed by atoms with Crippen molar-refractivity contribution in [2.24, 2.45) is 0 Å². The number of hydrogen-bond acceptors (Lipinski definition) is 2. The molecule has 0 radical (unpaired) electrons. The van der Waals surface area contributed by atoms with Crippen molar-refractivity contribution in [3.8, 4) is 5.75 Å². The quantitative estimate of drug-likeness (QED) is 0.901. The predicted octanol–water partition coefficient (Wildman–Crippen LogP) is 3.89. The van der Waals surface area contributed by atoms with Crippen LogP contribution < -0.4 is 10.1 Å². The normalized spacial score (nSPS) is 10.5. The minimum absolute atomic E-state index is 0.214. The fourth-order valence-corrected chi connectivity index (χ4v) is 2.17. The van der Waals surface area contributed by atoms with Gasteiger partial charge in [0.2, 0.25) is 0 Å². The Kier molecular flexibility index (Phi) is 4.93. The van der Waals surface area contributed by atoms with E-state index in [0.717, 1.165) is 10.0 Å². The molecule has 100 valence electrons. The van der Waals surface area contributed by atoms with Crippen LogP contribution in [0.25, 0.3) is 0 Å². The molecule has 0 aliphatic rings. The van der Waals surface area contributed by atoms with E-state index in [2.05, 4.69) is 21.2 Å². The van der Waals surface area contributed by atoms with Gasteiger partial charge in [-0.15, -0.1) is 0 Å². The van der Waals surface area contributed by atoms with E-state index in [0.29, 0.717) is 17.9 Å². The largest absolute Gasteiger partial charge is 0.488 e. The Morgan fingerprint density at radius 1 is 1.21 bits per heavy atom. The number of halogens is 2. The van der Waals surface area contributed by atoms with Gasteiger partial charge in [0.1, 0.15) is 18.2 Å². The fraction of sp³-hybridized carbons (Fsp3) is 0.200. The minimum atomic E-state index is -0.244. The lowest BCUT2D eigenvalue weighted by molar-refractivity contribution is 0.298. The van der Waals surface area contributed by atoms with Crippen molar-refractivity contribution >= 4 is 15.9 Å². The van der Waals surface area contributed by atoms with Crippen molar-refractivity contribution in [3.05, 3.63) is 63.9 Å². The molecule has 0 aliphatic carbocycles. The number of nitrogens with one attached hydrogen (secondary N) is 1. The Morgan fingerprint density at radius 2 is 2.00 bits per heavy atom. The predicted molar refractivity (Wildman–Crippen MR) is 77.6 cm³/mol. The molecule has 0 atom stereocenters. The molecule has 0 saturated carbocycles. The monoisotopic (exact) mass is 323 g/mol. The van der Waals surface area contributed by atoms with Gasteiger partial charge in [0.25, 0.3) is 0 Å². The van der Waals surface area contributed by atoms with Crippen molar-refractivity contribution in [1.29, 1.82) is 0 Å². The van der Waals surface area contributed by atoms with E-state index in [1.165, 1.54) is 6.07 Å². The molecule has 1 N–H and O–H groups in total. The average Bonchev–Trinajstić information content (AvgIpc) is 2.41. The van der Waals surface area contributed by atoms with Crippen LogP contribution >= 0.6 is 15.9 Å². The minimum Gasteiger partial charge on any atom is -0.488 e. The molecule has 0 heterocycles. The summed E-state index contributed by atoms with van der Waals surface area (Å²) in [6.45, 7) is 0.925. The second-order valence-electron chi connectivity index (χ2n) is 4.18. The SMILES string of the molecule is CNCc1ccc(F)c(COc2ccccc2Br)c1. The van der Waals surface area contributed by atoms with Crippen LogP contribution in [0, 0.1) is 5.82 Å². The first-order valence-electron chi connectivity index (χ1n) is 6.00. The van der Waals surface area contributed by atoms with Gasteiger partial charge in [-0.3, -0.25) is 0 Å². The lowest BCUT2D eigenvalue weighted by Crippen LogP contribution is -2.07. The summed E-state index contributed by atoms with van der Waals surface area (Å²) in [4.78, 5) is 0. The molecule has 2 aromatic carbocycles. The van der Waals surface area contributed by atoms with Crippen LogP contribution in [-0.2, 0) is 13.2 Å². The molecule has 0 unspecified atom stereocenters. The van der Waals surface area contributed by atoms with Crippen LogP contribution in [0.3, 0.4) is 0 Å². The maximum absolute atomic E-state index is 13.7. The fourth-order valence-electron chi connectivity index (χ4n) is 1.77. The molecule has 19 heavy (non-hydrogen) atoms. The van der Waals surface area contributed by atoms with Gasteiger partial charge in [0, 0.05) is 12.1 Å². The molecular formula is C15H15BrFNO. The number of hydrogen-bond donors (Lipinski definition) is 1. The summed E-state index contributed by atoms with van der Waals surface area (Å²) in [7, 11) is 1.86. The molecule has 2 rings (SSSR count). The summed E-state index contributed by atoms with van der Waals surface area (Å²) in [5.41, 5.74) is 1.60. The highest BCUT2D eigenvalue weighted by Crippen LogP contribution is 2.25. The maximum atomic E-state index is 13.7. The molecule has 0 aromatic heterocycles. The van der Waals surface area contributed by atoms with Gasteiger partial charge in [-0.05, 0) is 52.8 Å². The van der Waals surface area contributed by atoms with Crippen molar-refractivity contribution in [3.63, 3.8) is 0 Å². The summed E-state index contributed by atoms with van der Waals surface area (Å²) >= 11 is 3.40. The van der Waals surface area contributed by atoms with E-state index >= 15 is 0 Å². The summed E-state index contributed by atoms with van der Waals surface area (Å²) in [6.07, 6.45) is 0. The molecule has 4 heteroatoms. The van der Waals surface area contributed by atoms with Crippen molar-refractivity contribution in [2.75, 3.05) is 7.05 Å². The Hall–Kier alpha value is -1.39. The van der Waals surface area contributed by atoms with Gasteiger partial charge < -0.3 is 10.1 Å². The summed E-state index contributed by atoms with van der Waals surface area (Å²) in [5.74, 6) is 0.466. The zero-order chi connectivity index (χ0) is 13.7. The molecule has 0 spiro atoms. The van der Waals surface area contributed by atoms with Gasteiger partial charge in [-0.1, -0.05) is 18.2 Å². The molecule has 0 fully saturated rings. The first kappa shape index (κ1) is 14.0. The third-order valence-electron chi connectivity index (χ3n) is 2.71. The number of rotatable bonds is 5. The van der Waals surface area contributed by atoms with Crippen molar-refractivity contribution in [1.82, 2.24) is 5.32 Å². The van der Waals surface area contributed by atoms with Crippen molar-refractivity contribution in [2.45, 2.75) is 13.2 Å². The second kappa shape index (κ2) is 6.68. The molecule has 2 aromatic rings. The highest BCUT2D eigenvalue weighted by molar-refractivity contribution is 9.10. The molecular weight excluding hydrogens is 309 g/mol. The zero-order valence-electron chi connectivity index (χ0n) is 10.6. The molecule has 0 aliphatic heterocycles. The van der Waals surface area contributed by atoms with E-state index in [9.17, 15) is 4.39 Å². The highest BCUT2D eigenvalue weighted by atomic mass is 79.9. The Bertz CT molecular complexity index is 560. The first-order valence-corrected chi connectivity index (χ1v) is 6.79. The van der Waals surface area contributed by atoms with Gasteiger partial charge in [0.05, 0.1) is 4.47 Å². The Balaban J connectivity index is 2.10. The van der Waals surface area contributed by atoms with Crippen LogP contribution in [-0.4, -0.2) is 7.05 Å². The average molecular weight is 324 g/mol. The van der Waals surface area contributed by atoms with Gasteiger partial charge >= 0.3 is 0 Å². The van der Waals surface area contributed by atoms with Crippen LogP contribution in [0.5, 0.6) is 5.75 Å². The zero-order valence-corrected chi connectivity index (χ0v) is 12.2. The lowest BCUT2D eigenvalue weighted by Gasteiger charge is -2.10.